The zero-order valence-electron chi connectivity index (χ0n) is 15.7. The highest BCUT2D eigenvalue weighted by atomic mass is 79.9. The fourth-order valence-corrected chi connectivity index (χ4v) is 3.34. The number of anilines is 1. The van der Waals surface area contributed by atoms with Crippen LogP contribution in [-0.2, 0) is 25.4 Å². The van der Waals surface area contributed by atoms with Crippen LogP contribution in [0.5, 0.6) is 0 Å². The van der Waals surface area contributed by atoms with Gasteiger partial charge in [0, 0.05) is 25.1 Å². The average molecular weight is 452 g/mol. The maximum Gasteiger partial charge on any atom is 0.332 e. The van der Waals surface area contributed by atoms with E-state index < -0.39 is 11.2 Å². The molecule has 2 aromatic heterocycles. The van der Waals surface area contributed by atoms with Gasteiger partial charge in [-0.3, -0.25) is 18.5 Å². The monoisotopic (exact) mass is 451 g/mol. The van der Waals surface area contributed by atoms with E-state index in [1.807, 2.05) is 24.3 Å². The van der Waals surface area contributed by atoms with Crippen LogP contribution in [0.1, 0.15) is 5.56 Å². The third kappa shape index (κ3) is 3.89. The Bertz CT molecular complexity index is 1100. The molecule has 0 aliphatic carbocycles. The summed E-state index contributed by atoms with van der Waals surface area (Å²) >= 11 is 3.53. The lowest BCUT2D eigenvalue weighted by Gasteiger charge is -2.12. The molecule has 0 bridgehead atoms. The standard InChI is InChI=1S/C18H22BrN5O4/c1-22-15-14(16(26)23(2)18(22)27)24(11-12-5-3-4-6-13(12)19)17(21-15)20-7-9-28-10-8-25/h3-6,25H,7-11H2,1-2H3,(H,20,21). The van der Waals surface area contributed by atoms with Gasteiger partial charge in [-0.15, -0.1) is 0 Å². The number of aliphatic hydroxyl groups is 1. The van der Waals surface area contributed by atoms with E-state index in [4.69, 9.17) is 9.84 Å². The highest BCUT2D eigenvalue weighted by Gasteiger charge is 2.19. The summed E-state index contributed by atoms with van der Waals surface area (Å²) in [6.07, 6.45) is 0. The fourth-order valence-electron chi connectivity index (χ4n) is 2.93. The molecule has 0 saturated carbocycles. The maximum atomic E-state index is 12.8. The molecule has 0 saturated heterocycles. The molecular weight excluding hydrogens is 430 g/mol. The van der Waals surface area contributed by atoms with Gasteiger partial charge in [-0.05, 0) is 11.6 Å². The number of rotatable bonds is 8. The second-order valence-corrected chi connectivity index (χ2v) is 7.11. The highest BCUT2D eigenvalue weighted by molar-refractivity contribution is 9.10. The van der Waals surface area contributed by atoms with E-state index in [-0.39, 0.29) is 13.2 Å². The molecule has 3 rings (SSSR count). The van der Waals surface area contributed by atoms with Crippen molar-refractivity contribution in [3.63, 3.8) is 0 Å². The minimum atomic E-state index is -0.430. The Kier molecular flexibility index (Phi) is 6.32. The van der Waals surface area contributed by atoms with E-state index in [1.54, 1.807) is 11.6 Å². The Balaban J connectivity index is 2.08. The lowest BCUT2D eigenvalue weighted by atomic mass is 10.2. The van der Waals surface area contributed by atoms with Crippen molar-refractivity contribution in [3.05, 3.63) is 55.1 Å². The number of aryl methyl sites for hydroxylation is 1. The molecule has 10 heteroatoms. The number of aromatic nitrogens is 4. The van der Waals surface area contributed by atoms with Crippen LogP contribution >= 0.6 is 15.9 Å². The zero-order chi connectivity index (χ0) is 20.3. The first kappa shape index (κ1) is 20.3. The molecule has 0 fully saturated rings. The quantitative estimate of drug-likeness (QED) is 0.487. The summed E-state index contributed by atoms with van der Waals surface area (Å²) in [4.78, 5) is 29.6. The molecule has 1 aromatic carbocycles. The Morgan fingerprint density at radius 2 is 1.93 bits per heavy atom. The number of imidazole rings is 1. The summed E-state index contributed by atoms with van der Waals surface area (Å²) in [7, 11) is 3.05. The number of benzene rings is 1. The van der Waals surface area contributed by atoms with Crippen molar-refractivity contribution in [3.8, 4) is 0 Å². The molecule has 0 spiro atoms. The summed E-state index contributed by atoms with van der Waals surface area (Å²) in [6, 6.07) is 7.72. The first-order chi connectivity index (χ1) is 13.5. The van der Waals surface area contributed by atoms with Crippen LogP contribution in [0.3, 0.4) is 0 Å². The lowest BCUT2D eigenvalue weighted by molar-refractivity contribution is 0.0991. The third-order valence-corrected chi connectivity index (χ3v) is 5.17. The molecule has 0 aliphatic heterocycles. The van der Waals surface area contributed by atoms with Crippen molar-refractivity contribution in [1.82, 2.24) is 18.7 Å². The van der Waals surface area contributed by atoms with Crippen molar-refractivity contribution >= 4 is 33.0 Å². The summed E-state index contributed by atoms with van der Waals surface area (Å²) < 4.78 is 10.4. The normalized spacial score (nSPS) is 11.3. The molecule has 2 N–H and O–H groups in total. The van der Waals surface area contributed by atoms with E-state index in [1.165, 1.54) is 11.6 Å². The predicted molar refractivity (Wildman–Crippen MR) is 110 cm³/mol. The fraction of sp³-hybridized carbons (Fsp3) is 0.389. The molecule has 150 valence electrons. The number of ether oxygens (including phenoxy) is 1. The first-order valence-electron chi connectivity index (χ1n) is 8.77. The Hall–Kier alpha value is -2.43. The minimum Gasteiger partial charge on any atom is -0.394 e. The topological polar surface area (TPSA) is 103 Å². The van der Waals surface area contributed by atoms with Crippen molar-refractivity contribution in [2.75, 3.05) is 31.7 Å². The number of hydrogen-bond donors (Lipinski definition) is 2. The van der Waals surface area contributed by atoms with E-state index in [0.29, 0.717) is 36.8 Å². The molecule has 0 amide bonds. The number of nitrogens with one attached hydrogen (secondary N) is 1. The Morgan fingerprint density at radius 1 is 1.18 bits per heavy atom. The van der Waals surface area contributed by atoms with Gasteiger partial charge in [0.05, 0.1) is 26.4 Å². The molecule has 0 atom stereocenters. The van der Waals surface area contributed by atoms with Gasteiger partial charge < -0.3 is 15.2 Å². The van der Waals surface area contributed by atoms with Gasteiger partial charge in [-0.1, -0.05) is 34.1 Å². The van der Waals surface area contributed by atoms with Crippen molar-refractivity contribution in [2.24, 2.45) is 14.1 Å². The maximum absolute atomic E-state index is 12.8. The van der Waals surface area contributed by atoms with Gasteiger partial charge in [-0.2, -0.15) is 4.98 Å². The van der Waals surface area contributed by atoms with E-state index in [2.05, 4.69) is 26.2 Å². The number of nitrogens with zero attached hydrogens (tertiary/aromatic N) is 4. The van der Waals surface area contributed by atoms with Crippen LogP contribution in [0.2, 0.25) is 0 Å². The minimum absolute atomic E-state index is 0.0430. The second-order valence-electron chi connectivity index (χ2n) is 6.25. The molecule has 3 aromatic rings. The largest absolute Gasteiger partial charge is 0.394 e. The van der Waals surface area contributed by atoms with E-state index in [0.717, 1.165) is 14.6 Å². The highest BCUT2D eigenvalue weighted by Crippen LogP contribution is 2.22. The Labute approximate surface area is 169 Å². The van der Waals surface area contributed by atoms with Gasteiger partial charge in [0.2, 0.25) is 5.95 Å². The molecule has 9 nitrogen and oxygen atoms in total. The van der Waals surface area contributed by atoms with Crippen molar-refractivity contribution in [1.29, 1.82) is 0 Å². The smallest absolute Gasteiger partial charge is 0.332 e. The van der Waals surface area contributed by atoms with Gasteiger partial charge in [0.1, 0.15) is 0 Å². The number of halogens is 1. The second kappa shape index (κ2) is 8.72. The van der Waals surface area contributed by atoms with Crippen LogP contribution in [-0.4, -0.2) is 50.2 Å². The van der Waals surface area contributed by atoms with Gasteiger partial charge in [-0.25, -0.2) is 4.79 Å². The van der Waals surface area contributed by atoms with Crippen LogP contribution < -0.4 is 16.6 Å². The molecule has 2 heterocycles. The summed E-state index contributed by atoms with van der Waals surface area (Å²) in [5.41, 5.74) is 0.804. The van der Waals surface area contributed by atoms with Crippen LogP contribution in [0.25, 0.3) is 11.2 Å². The van der Waals surface area contributed by atoms with Crippen LogP contribution in [0, 0.1) is 0 Å². The summed E-state index contributed by atoms with van der Waals surface area (Å²) in [5, 5.41) is 12.0. The van der Waals surface area contributed by atoms with Gasteiger partial charge in [0.15, 0.2) is 11.2 Å². The molecule has 0 aliphatic rings. The first-order valence-corrected chi connectivity index (χ1v) is 9.57. The summed E-state index contributed by atoms with van der Waals surface area (Å²) in [6.45, 7) is 1.41. The average Bonchev–Trinajstić information content (AvgIpc) is 3.05. The van der Waals surface area contributed by atoms with Crippen molar-refractivity contribution in [2.45, 2.75) is 6.54 Å². The van der Waals surface area contributed by atoms with Crippen LogP contribution in [0.15, 0.2) is 38.3 Å². The Morgan fingerprint density at radius 3 is 2.64 bits per heavy atom. The molecular formula is C18H22BrN5O4. The molecule has 0 radical (unpaired) electrons. The number of hydrogen-bond acceptors (Lipinski definition) is 6. The molecule has 0 unspecified atom stereocenters. The van der Waals surface area contributed by atoms with E-state index in [9.17, 15) is 9.59 Å². The van der Waals surface area contributed by atoms with Crippen LogP contribution in [0.4, 0.5) is 5.95 Å². The number of fused-ring (bicyclic) bond motifs is 1. The van der Waals surface area contributed by atoms with Gasteiger partial charge in [0.25, 0.3) is 5.56 Å². The lowest BCUT2D eigenvalue weighted by Crippen LogP contribution is -2.37. The van der Waals surface area contributed by atoms with Crippen molar-refractivity contribution < 1.29 is 9.84 Å². The summed E-state index contributed by atoms with van der Waals surface area (Å²) in [5.74, 6) is 0.469. The number of aliphatic hydroxyl groups excluding tert-OH is 1. The predicted octanol–water partition coefficient (Wildman–Crippen LogP) is 0.665. The third-order valence-electron chi connectivity index (χ3n) is 4.40. The van der Waals surface area contributed by atoms with E-state index >= 15 is 0 Å². The SMILES string of the molecule is Cn1c(=O)c2c(nc(NCCOCCO)n2Cc2ccccc2Br)n(C)c1=O. The molecule has 28 heavy (non-hydrogen) atoms. The van der Waals surface area contributed by atoms with Gasteiger partial charge >= 0.3 is 5.69 Å². The zero-order valence-corrected chi connectivity index (χ0v) is 17.3.